The molecule has 1 fully saturated rings. The SMILES string of the molecule is CCCC1OC(C)(C=O)OC1C=C=O. The van der Waals surface area contributed by atoms with E-state index in [1.807, 2.05) is 6.92 Å². The second-order valence-corrected chi connectivity index (χ2v) is 3.45. The predicted molar refractivity (Wildman–Crippen MR) is 49.4 cm³/mol. The fraction of sp³-hybridized carbons (Fsp3) is 0.700. The maximum atomic E-state index is 10.7. The van der Waals surface area contributed by atoms with Crippen LogP contribution in [0.1, 0.15) is 26.7 Å². The molecule has 0 bridgehead atoms. The summed E-state index contributed by atoms with van der Waals surface area (Å²) >= 11 is 0. The quantitative estimate of drug-likeness (QED) is 0.497. The lowest BCUT2D eigenvalue weighted by Gasteiger charge is -2.14. The first-order chi connectivity index (χ1) is 6.65. The lowest BCUT2D eigenvalue weighted by Crippen LogP contribution is -2.28. The van der Waals surface area contributed by atoms with E-state index in [1.165, 1.54) is 6.08 Å². The van der Waals surface area contributed by atoms with Gasteiger partial charge in [0.25, 0.3) is 0 Å². The molecule has 1 saturated heterocycles. The van der Waals surface area contributed by atoms with Crippen molar-refractivity contribution in [2.75, 3.05) is 0 Å². The molecule has 0 saturated carbocycles. The van der Waals surface area contributed by atoms with Crippen molar-refractivity contribution in [2.45, 2.75) is 44.7 Å². The third kappa shape index (κ3) is 2.29. The van der Waals surface area contributed by atoms with Gasteiger partial charge in [-0.1, -0.05) is 13.3 Å². The van der Waals surface area contributed by atoms with E-state index in [4.69, 9.17) is 9.47 Å². The van der Waals surface area contributed by atoms with E-state index in [0.29, 0.717) is 6.29 Å². The van der Waals surface area contributed by atoms with Crippen LogP contribution >= 0.6 is 0 Å². The van der Waals surface area contributed by atoms with Gasteiger partial charge in [-0.3, -0.25) is 4.79 Å². The smallest absolute Gasteiger partial charge is 0.223 e. The van der Waals surface area contributed by atoms with Crippen LogP contribution in [0.15, 0.2) is 6.08 Å². The second kappa shape index (κ2) is 4.51. The molecule has 4 nitrogen and oxygen atoms in total. The highest BCUT2D eigenvalue weighted by Crippen LogP contribution is 2.29. The lowest BCUT2D eigenvalue weighted by molar-refractivity contribution is -0.167. The largest absolute Gasteiger partial charge is 0.338 e. The van der Waals surface area contributed by atoms with Crippen molar-refractivity contribution in [3.63, 3.8) is 0 Å². The van der Waals surface area contributed by atoms with E-state index in [1.54, 1.807) is 12.9 Å². The summed E-state index contributed by atoms with van der Waals surface area (Å²) in [6.45, 7) is 3.54. The summed E-state index contributed by atoms with van der Waals surface area (Å²) in [6, 6.07) is 0. The molecule has 3 atom stereocenters. The first-order valence-corrected chi connectivity index (χ1v) is 4.68. The zero-order chi connectivity index (χ0) is 10.6. The van der Waals surface area contributed by atoms with Crippen molar-refractivity contribution in [1.29, 1.82) is 0 Å². The average Bonchev–Trinajstić information content (AvgIpc) is 2.46. The van der Waals surface area contributed by atoms with Gasteiger partial charge in [-0.15, -0.1) is 0 Å². The number of ether oxygens (including phenoxy) is 2. The van der Waals surface area contributed by atoms with Crippen LogP contribution in [0.4, 0.5) is 0 Å². The van der Waals surface area contributed by atoms with Crippen LogP contribution in [0.25, 0.3) is 0 Å². The Balaban J connectivity index is 2.73. The molecule has 0 N–H and O–H groups in total. The van der Waals surface area contributed by atoms with Crippen LogP contribution in [0, 0.1) is 0 Å². The highest BCUT2D eigenvalue weighted by atomic mass is 16.8. The Hall–Kier alpha value is -0.960. The van der Waals surface area contributed by atoms with Gasteiger partial charge in [0, 0.05) is 6.08 Å². The summed E-state index contributed by atoms with van der Waals surface area (Å²) < 4.78 is 10.7. The number of hydrogen-bond acceptors (Lipinski definition) is 4. The number of hydrogen-bond donors (Lipinski definition) is 0. The Kier molecular flexibility index (Phi) is 3.58. The summed E-state index contributed by atoms with van der Waals surface area (Å²) in [7, 11) is 0. The molecular weight excluding hydrogens is 184 g/mol. The van der Waals surface area contributed by atoms with Gasteiger partial charge >= 0.3 is 0 Å². The fourth-order valence-electron chi connectivity index (χ4n) is 1.51. The Morgan fingerprint density at radius 2 is 2.21 bits per heavy atom. The topological polar surface area (TPSA) is 52.6 Å². The summed E-state index contributed by atoms with van der Waals surface area (Å²) in [5, 5.41) is 0. The number of rotatable bonds is 4. The van der Waals surface area contributed by atoms with Gasteiger partial charge in [0.05, 0.1) is 6.10 Å². The molecule has 0 spiro atoms. The van der Waals surface area contributed by atoms with Crippen molar-refractivity contribution in [3.05, 3.63) is 6.08 Å². The number of carbonyl (C=O) groups excluding carboxylic acids is 2. The van der Waals surface area contributed by atoms with Crippen LogP contribution < -0.4 is 0 Å². The molecule has 78 valence electrons. The molecule has 1 aliphatic rings. The van der Waals surface area contributed by atoms with E-state index in [0.717, 1.165) is 12.8 Å². The molecule has 4 heteroatoms. The summed E-state index contributed by atoms with van der Waals surface area (Å²) in [5.41, 5.74) is 0. The van der Waals surface area contributed by atoms with Crippen LogP contribution in [-0.2, 0) is 19.1 Å². The normalized spacial score (nSPS) is 36.4. The van der Waals surface area contributed by atoms with Crippen LogP contribution in [0.2, 0.25) is 0 Å². The van der Waals surface area contributed by atoms with Crippen molar-refractivity contribution in [3.8, 4) is 0 Å². The van der Waals surface area contributed by atoms with Gasteiger partial charge in [-0.2, -0.15) is 0 Å². The third-order valence-electron chi connectivity index (χ3n) is 2.14. The minimum absolute atomic E-state index is 0.225. The minimum Gasteiger partial charge on any atom is -0.338 e. The molecule has 0 aromatic heterocycles. The molecule has 1 rings (SSSR count). The monoisotopic (exact) mass is 198 g/mol. The van der Waals surface area contributed by atoms with Gasteiger partial charge in [0.1, 0.15) is 12.0 Å². The second-order valence-electron chi connectivity index (χ2n) is 3.45. The van der Waals surface area contributed by atoms with Gasteiger partial charge in [-0.25, -0.2) is 4.79 Å². The zero-order valence-electron chi connectivity index (χ0n) is 8.36. The molecule has 0 radical (unpaired) electrons. The molecule has 1 heterocycles. The summed E-state index contributed by atoms with van der Waals surface area (Å²) in [6.07, 6.45) is 2.85. The first kappa shape index (κ1) is 11.1. The molecular formula is C10H14O4. The average molecular weight is 198 g/mol. The molecule has 0 aromatic rings. The van der Waals surface area contributed by atoms with E-state index in [9.17, 15) is 9.59 Å². The Morgan fingerprint density at radius 1 is 1.50 bits per heavy atom. The van der Waals surface area contributed by atoms with Crippen LogP contribution in [-0.4, -0.2) is 30.2 Å². The lowest BCUT2D eigenvalue weighted by atomic mass is 10.1. The van der Waals surface area contributed by atoms with Crippen molar-refractivity contribution in [2.24, 2.45) is 0 Å². The Labute approximate surface area is 82.9 Å². The fourth-order valence-corrected chi connectivity index (χ4v) is 1.51. The van der Waals surface area contributed by atoms with Gasteiger partial charge < -0.3 is 9.47 Å². The Morgan fingerprint density at radius 3 is 2.71 bits per heavy atom. The van der Waals surface area contributed by atoms with Crippen LogP contribution in [0.3, 0.4) is 0 Å². The summed E-state index contributed by atoms with van der Waals surface area (Å²) in [5.74, 6) is 0.454. The molecule has 14 heavy (non-hydrogen) atoms. The van der Waals surface area contributed by atoms with E-state index in [2.05, 4.69) is 0 Å². The number of aldehydes is 1. The highest BCUT2D eigenvalue weighted by molar-refractivity contribution is 5.60. The van der Waals surface area contributed by atoms with Crippen LogP contribution in [0.5, 0.6) is 0 Å². The van der Waals surface area contributed by atoms with Crippen molar-refractivity contribution >= 4 is 12.2 Å². The highest BCUT2D eigenvalue weighted by Gasteiger charge is 2.42. The van der Waals surface area contributed by atoms with Crippen molar-refractivity contribution < 1.29 is 19.1 Å². The minimum atomic E-state index is -1.21. The molecule has 0 amide bonds. The van der Waals surface area contributed by atoms with Gasteiger partial charge in [0.15, 0.2) is 6.29 Å². The third-order valence-corrected chi connectivity index (χ3v) is 2.14. The molecule has 0 aliphatic carbocycles. The van der Waals surface area contributed by atoms with E-state index >= 15 is 0 Å². The zero-order valence-corrected chi connectivity index (χ0v) is 8.36. The summed E-state index contributed by atoms with van der Waals surface area (Å²) in [4.78, 5) is 20.9. The number of carbonyl (C=O) groups is 1. The van der Waals surface area contributed by atoms with E-state index in [-0.39, 0.29) is 6.10 Å². The molecule has 3 unspecified atom stereocenters. The van der Waals surface area contributed by atoms with Gasteiger partial charge in [0.2, 0.25) is 5.79 Å². The maximum Gasteiger partial charge on any atom is 0.223 e. The first-order valence-electron chi connectivity index (χ1n) is 4.68. The van der Waals surface area contributed by atoms with E-state index < -0.39 is 11.9 Å². The Bertz CT molecular complexity index is 257. The van der Waals surface area contributed by atoms with Crippen molar-refractivity contribution in [1.82, 2.24) is 0 Å². The van der Waals surface area contributed by atoms with Gasteiger partial charge in [-0.05, 0) is 13.3 Å². The standard InChI is InChI=1S/C10H14O4/c1-3-4-8-9(5-6-11)14-10(2,7-12)13-8/h5,7-9H,3-4H2,1-2H3. The predicted octanol–water partition coefficient (Wildman–Crippen LogP) is 0.873. The molecule has 1 aliphatic heterocycles. The maximum absolute atomic E-state index is 10.7. The molecule has 0 aromatic carbocycles.